The molecule has 0 spiro atoms. The van der Waals surface area contributed by atoms with E-state index < -0.39 is 5.97 Å². The molecule has 0 aliphatic carbocycles. The van der Waals surface area contributed by atoms with Crippen molar-refractivity contribution in [3.05, 3.63) is 29.3 Å². The van der Waals surface area contributed by atoms with Gasteiger partial charge in [0.2, 0.25) is 0 Å². The minimum Gasteiger partial charge on any atom is -0.465 e. The number of Topliss-reactive ketones (excluding diaryl/α,β-unsaturated/α-hetero) is 1. The van der Waals surface area contributed by atoms with Crippen LogP contribution < -0.4 is 5.73 Å². The summed E-state index contributed by atoms with van der Waals surface area (Å²) >= 11 is 5.40. The second-order valence-electron chi connectivity index (χ2n) is 3.25. The minimum absolute atomic E-state index is 0.0676. The Morgan fingerprint density at radius 1 is 1.44 bits per heavy atom. The Morgan fingerprint density at radius 2 is 2.12 bits per heavy atom. The fourth-order valence-electron chi connectivity index (χ4n) is 1.26. The van der Waals surface area contributed by atoms with Gasteiger partial charge in [0.15, 0.2) is 5.78 Å². The highest BCUT2D eigenvalue weighted by Crippen LogP contribution is 2.16. The molecule has 0 aliphatic heterocycles. The summed E-state index contributed by atoms with van der Waals surface area (Å²) < 4.78 is 4.57. The van der Waals surface area contributed by atoms with E-state index in [4.69, 9.17) is 17.3 Å². The van der Waals surface area contributed by atoms with E-state index in [1.165, 1.54) is 7.11 Å². The first-order valence-electron chi connectivity index (χ1n) is 4.63. The number of anilines is 1. The average Bonchev–Trinajstić information content (AvgIpc) is 2.30. The Balaban J connectivity index is 2.99. The fourth-order valence-corrected chi connectivity index (χ4v) is 1.36. The first-order valence-corrected chi connectivity index (χ1v) is 5.16. The van der Waals surface area contributed by atoms with Crippen molar-refractivity contribution in [1.29, 1.82) is 0 Å². The molecule has 4 nitrogen and oxygen atoms in total. The van der Waals surface area contributed by atoms with Gasteiger partial charge in [-0.15, -0.1) is 11.6 Å². The predicted octanol–water partition coefficient (Wildman–Crippen LogP) is 1.41. The number of halogens is 1. The average molecular weight is 242 g/mol. The van der Waals surface area contributed by atoms with E-state index in [-0.39, 0.29) is 18.1 Å². The number of ketones is 1. The molecule has 0 saturated heterocycles. The topological polar surface area (TPSA) is 69.4 Å². The summed E-state index contributed by atoms with van der Waals surface area (Å²) in [6.07, 6.45) is 0.125. The van der Waals surface area contributed by atoms with E-state index in [2.05, 4.69) is 4.74 Å². The highest BCUT2D eigenvalue weighted by Gasteiger charge is 2.10. The number of nitrogens with two attached hydrogens (primary N) is 1. The van der Waals surface area contributed by atoms with Crippen molar-refractivity contribution in [3.63, 3.8) is 0 Å². The molecule has 0 fully saturated rings. The molecule has 0 atom stereocenters. The summed E-state index contributed by atoms with van der Waals surface area (Å²) in [6.45, 7) is 0. The van der Waals surface area contributed by atoms with Crippen molar-refractivity contribution in [2.24, 2.45) is 0 Å². The SMILES string of the molecule is COC(=O)c1ccc(N)c(CC(=O)CCl)c1. The summed E-state index contributed by atoms with van der Waals surface area (Å²) in [4.78, 5) is 22.4. The molecule has 0 unspecified atom stereocenters. The zero-order valence-corrected chi connectivity index (χ0v) is 9.58. The van der Waals surface area contributed by atoms with Crippen LogP contribution in [0.2, 0.25) is 0 Å². The number of methoxy groups -OCH3 is 1. The van der Waals surface area contributed by atoms with Gasteiger partial charge >= 0.3 is 5.97 Å². The number of esters is 1. The van der Waals surface area contributed by atoms with Crippen LogP contribution in [0.25, 0.3) is 0 Å². The second-order valence-corrected chi connectivity index (χ2v) is 3.52. The maximum Gasteiger partial charge on any atom is 0.337 e. The number of hydrogen-bond donors (Lipinski definition) is 1. The zero-order chi connectivity index (χ0) is 12.1. The molecule has 0 amide bonds. The molecular weight excluding hydrogens is 230 g/mol. The number of alkyl halides is 1. The number of ether oxygens (including phenoxy) is 1. The van der Waals surface area contributed by atoms with Crippen LogP contribution in [0.3, 0.4) is 0 Å². The molecule has 0 heterocycles. The Labute approximate surface area is 98.3 Å². The molecule has 2 N–H and O–H groups in total. The Morgan fingerprint density at radius 3 is 2.69 bits per heavy atom. The summed E-state index contributed by atoms with van der Waals surface area (Å²) in [7, 11) is 1.29. The predicted molar refractivity (Wildman–Crippen MR) is 61.6 cm³/mol. The monoisotopic (exact) mass is 241 g/mol. The van der Waals surface area contributed by atoms with Gasteiger partial charge in [0.1, 0.15) is 0 Å². The van der Waals surface area contributed by atoms with Crippen LogP contribution in [0, 0.1) is 0 Å². The number of nitrogen functional groups attached to an aromatic ring is 1. The second kappa shape index (κ2) is 5.51. The van der Waals surface area contributed by atoms with Gasteiger partial charge in [0, 0.05) is 12.1 Å². The summed E-state index contributed by atoms with van der Waals surface area (Å²) in [5.41, 5.74) is 7.11. The van der Waals surface area contributed by atoms with Crippen LogP contribution in [-0.4, -0.2) is 24.7 Å². The van der Waals surface area contributed by atoms with Crippen LogP contribution in [0.1, 0.15) is 15.9 Å². The van der Waals surface area contributed by atoms with Crippen molar-refractivity contribution in [2.45, 2.75) is 6.42 Å². The molecule has 0 aromatic heterocycles. The molecule has 1 aromatic carbocycles. The molecule has 0 aliphatic rings. The summed E-state index contributed by atoms with van der Waals surface area (Å²) in [5.74, 6) is -0.669. The van der Waals surface area contributed by atoms with Crippen molar-refractivity contribution >= 4 is 29.0 Å². The molecule has 1 rings (SSSR count). The van der Waals surface area contributed by atoms with Gasteiger partial charge in [-0.3, -0.25) is 4.79 Å². The number of carbonyl (C=O) groups excluding carboxylic acids is 2. The van der Waals surface area contributed by atoms with Gasteiger partial charge in [0.05, 0.1) is 18.6 Å². The molecule has 5 heteroatoms. The van der Waals surface area contributed by atoms with Crippen LogP contribution >= 0.6 is 11.6 Å². The van der Waals surface area contributed by atoms with Crippen LogP contribution in [-0.2, 0) is 16.0 Å². The van der Waals surface area contributed by atoms with E-state index >= 15 is 0 Å². The maximum absolute atomic E-state index is 11.3. The smallest absolute Gasteiger partial charge is 0.337 e. The molecule has 86 valence electrons. The lowest BCUT2D eigenvalue weighted by atomic mass is 10.0. The van der Waals surface area contributed by atoms with Gasteiger partial charge in [-0.2, -0.15) is 0 Å². The molecule has 0 radical (unpaired) electrons. The summed E-state index contributed by atoms with van der Waals surface area (Å²) in [5, 5.41) is 0. The van der Waals surface area contributed by atoms with E-state index in [1.54, 1.807) is 18.2 Å². The van der Waals surface area contributed by atoms with Crippen molar-refractivity contribution in [1.82, 2.24) is 0 Å². The third kappa shape index (κ3) is 2.97. The van der Waals surface area contributed by atoms with Gasteiger partial charge in [0.25, 0.3) is 0 Å². The molecule has 16 heavy (non-hydrogen) atoms. The van der Waals surface area contributed by atoms with Crippen molar-refractivity contribution in [3.8, 4) is 0 Å². The molecule has 0 saturated carbocycles. The Bertz CT molecular complexity index is 418. The van der Waals surface area contributed by atoms with Gasteiger partial charge in [-0.25, -0.2) is 4.79 Å². The molecule has 0 bridgehead atoms. The summed E-state index contributed by atoms with van der Waals surface area (Å²) in [6, 6.07) is 4.67. The van der Waals surface area contributed by atoms with Crippen molar-refractivity contribution in [2.75, 3.05) is 18.7 Å². The van der Waals surface area contributed by atoms with Crippen LogP contribution in [0.5, 0.6) is 0 Å². The lowest BCUT2D eigenvalue weighted by Crippen LogP contribution is -2.09. The lowest BCUT2D eigenvalue weighted by Gasteiger charge is -2.06. The van der Waals surface area contributed by atoms with Crippen LogP contribution in [0.4, 0.5) is 5.69 Å². The number of rotatable bonds is 4. The Kier molecular flexibility index (Phi) is 4.31. The largest absolute Gasteiger partial charge is 0.465 e. The third-order valence-corrected chi connectivity index (χ3v) is 2.40. The third-order valence-electron chi connectivity index (χ3n) is 2.10. The maximum atomic E-state index is 11.3. The van der Waals surface area contributed by atoms with Gasteiger partial charge in [-0.1, -0.05) is 0 Å². The number of benzene rings is 1. The molecule has 1 aromatic rings. The normalized spacial score (nSPS) is 9.88. The number of carbonyl (C=O) groups is 2. The van der Waals surface area contributed by atoms with E-state index in [9.17, 15) is 9.59 Å². The highest BCUT2D eigenvalue weighted by atomic mass is 35.5. The lowest BCUT2D eigenvalue weighted by molar-refractivity contribution is -0.116. The zero-order valence-electron chi connectivity index (χ0n) is 8.83. The van der Waals surface area contributed by atoms with E-state index in [0.29, 0.717) is 16.8 Å². The van der Waals surface area contributed by atoms with Crippen LogP contribution in [0.15, 0.2) is 18.2 Å². The Hall–Kier alpha value is -1.55. The quantitative estimate of drug-likeness (QED) is 0.492. The standard InChI is InChI=1S/C11H12ClNO3/c1-16-11(15)7-2-3-10(13)8(4-7)5-9(14)6-12/h2-4H,5-6,13H2,1H3. The van der Waals surface area contributed by atoms with Gasteiger partial charge in [-0.05, 0) is 23.8 Å². The first-order chi connectivity index (χ1) is 7.58. The molecular formula is C11H12ClNO3. The van der Waals surface area contributed by atoms with E-state index in [1.807, 2.05) is 0 Å². The van der Waals surface area contributed by atoms with E-state index in [0.717, 1.165) is 0 Å². The first kappa shape index (κ1) is 12.5. The minimum atomic E-state index is -0.459. The van der Waals surface area contributed by atoms with Crippen molar-refractivity contribution < 1.29 is 14.3 Å². The van der Waals surface area contributed by atoms with Gasteiger partial charge < -0.3 is 10.5 Å². The fraction of sp³-hybridized carbons (Fsp3) is 0.273. The number of hydrogen-bond acceptors (Lipinski definition) is 4. The highest BCUT2D eigenvalue weighted by molar-refractivity contribution is 6.27.